The molecule has 2 heterocycles. The van der Waals surface area contributed by atoms with E-state index in [-0.39, 0.29) is 5.54 Å². The summed E-state index contributed by atoms with van der Waals surface area (Å²) in [7, 11) is 0. The Hall–Kier alpha value is 0.620. The van der Waals surface area contributed by atoms with E-state index in [2.05, 4.69) is 27.5 Å². The number of rotatable bonds is 1. The summed E-state index contributed by atoms with van der Waals surface area (Å²) in [6.07, 6.45) is 2.73. The van der Waals surface area contributed by atoms with Crippen molar-refractivity contribution in [1.29, 1.82) is 0 Å². The van der Waals surface area contributed by atoms with Crippen LogP contribution in [-0.2, 0) is 0 Å². The summed E-state index contributed by atoms with van der Waals surface area (Å²) in [5, 5.41) is 0. The number of nitrogens with zero attached hydrogens (tertiary/aromatic N) is 1. The van der Waals surface area contributed by atoms with E-state index in [1.165, 1.54) is 12.8 Å². The summed E-state index contributed by atoms with van der Waals surface area (Å²) >= 11 is 2.40. The zero-order valence-corrected chi connectivity index (χ0v) is 8.68. The van der Waals surface area contributed by atoms with Crippen LogP contribution in [0.2, 0.25) is 0 Å². The van der Waals surface area contributed by atoms with Crippen molar-refractivity contribution in [2.75, 3.05) is 17.5 Å². The van der Waals surface area contributed by atoms with Crippen LogP contribution in [0.25, 0.3) is 0 Å². The van der Waals surface area contributed by atoms with Crippen LogP contribution in [0.4, 0.5) is 4.39 Å². The molecule has 0 aromatic heterocycles. The molecule has 3 heteroatoms. The van der Waals surface area contributed by atoms with Gasteiger partial charge in [-0.3, -0.25) is 4.90 Å². The van der Waals surface area contributed by atoms with E-state index in [1.807, 2.05) is 0 Å². The fourth-order valence-corrected chi connectivity index (χ4v) is 3.61. The first-order valence-corrected chi connectivity index (χ1v) is 5.74. The third kappa shape index (κ3) is 1.20. The van der Waals surface area contributed by atoms with Crippen LogP contribution in [0.3, 0.4) is 0 Å². The third-order valence-electron chi connectivity index (χ3n) is 3.01. The van der Waals surface area contributed by atoms with Crippen LogP contribution in [-0.4, -0.2) is 34.1 Å². The monoisotopic (exact) mass is 269 g/mol. The summed E-state index contributed by atoms with van der Waals surface area (Å²) in [5.74, 6) is 0. The smallest absolute Gasteiger partial charge is 0.115 e. The van der Waals surface area contributed by atoms with Crippen molar-refractivity contribution in [3.05, 3.63) is 0 Å². The van der Waals surface area contributed by atoms with Gasteiger partial charge in [0, 0.05) is 16.5 Å². The van der Waals surface area contributed by atoms with Gasteiger partial charge in [0.2, 0.25) is 0 Å². The predicted molar refractivity (Wildman–Crippen MR) is 51.9 cm³/mol. The normalized spacial score (nSPS) is 44.7. The van der Waals surface area contributed by atoms with Crippen LogP contribution in [0.1, 0.15) is 19.3 Å². The minimum Gasteiger partial charge on any atom is -0.294 e. The molecule has 0 bridgehead atoms. The standard InChI is InChI=1S/C8H13FIN/c9-7-4-8(6-10)2-1-3-11(8)5-7/h7H,1-6H2/t7-,8?/m1/s1. The van der Waals surface area contributed by atoms with Crippen molar-refractivity contribution in [1.82, 2.24) is 4.90 Å². The molecular formula is C8H13FIN. The maximum atomic E-state index is 13.0. The Labute approximate surface area is 80.5 Å². The zero-order chi connectivity index (χ0) is 7.90. The molecule has 0 aliphatic carbocycles. The molecule has 2 aliphatic rings. The van der Waals surface area contributed by atoms with Gasteiger partial charge < -0.3 is 0 Å². The summed E-state index contributed by atoms with van der Waals surface area (Å²) in [5.41, 5.74) is 0.264. The van der Waals surface area contributed by atoms with Gasteiger partial charge in [-0.15, -0.1) is 0 Å². The molecule has 2 rings (SSSR count). The largest absolute Gasteiger partial charge is 0.294 e. The highest BCUT2D eigenvalue weighted by Crippen LogP contribution is 2.41. The molecule has 1 unspecified atom stereocenters. The number of alkyl halides is 2. The molecule has 0 aromatic carbocycles. The molecule has 2 aliphatic heterocycles. The molecular weight excluding hydrogens is 256 g/mol. The maximum Gasteiger partial charge on any atom is 0.115 e. The van der Waals surface area contributed by atoms with Crippen LogP contribution >= 0.6 is 22.6 Å². The highest BCUT2D eigenvalue weighted by Gasteiger charge is 2.47. The fraction of sp³-hybridized carbons (Fsp3) is 1.00. The molecule has 0 saturated carbocycles. The SMILES string of the molecule is F[C@H]1CN2CCCC2(CI)C1. The average Bonchev–Trinajstić information content (AvgIpc) is 2.43. The van der Waals surface area contributed by atoms with E-state index in [9.17, 15) is 4.39 Å². The Morgan fingerprint density at radius 3 is 3.09 bits per heavy atom. The van der Waals surface area contributed by atoms with Crippen molar-refractivity contribution in [3.63, 3.8) is 0 Å². The minimum absolute atomic E-state index is 0.264. The van der Waals surface area contributed by atoms with E-state index < -0.39 is 6.17 Å². The fourth-order valence-electron chi connectivity index (χ4n) is 2.43. The Morgan fingerprint density at radius 2 is 2.45 bits per heavy atom. The first kappa shape index (κ1) is 8.23. The van der Waals surface area contributed by atoms with Gasteiger partial charge in [-0.05, 0) is 25.8 Å². The quantitative estimate of drug-likeness (QED) is 0.520. The Bertz CT molecular complexity index is 164. The second kappa shape index (κ2) is 2.83. The molecule has 0 spiro atoms. The topological polar surface area (TPSA) is 3.24 Å². The second-order valence-electron chi connectivity index (χ2n) is 3.71. The number of halogens is 2. The molecule has 1 nitrogen and oxygen atoms in total. The van der Waals surface area contributed by atoms with Gasteiger partial charge in [0.1, 0.15) is 6.17 Å². The number of hydrogen-bond donors (Lipinski definition) is 0. The number of fused-ring (bicyclic) bond motifs is 1. The summed E-state index contributed by atoms with van der Waals surface area (Å²) in [6.45, 7) is 1.83. The van der Waals surface area contributed by atoms with E-state index in [1.54, 1.807) is 0 Å². The Balaban J connectivity index is 2.15. The average molecular weight is 269 g/mol. The summed E-state index contributed by atoms with van der Waals surface area (Å²) in [4.78, 5) is 2.35. The molecule has 11 heavy (non-hydrogen) atoms. The maximum absolute atomic E-state index is 13.0. The highest BCUT2D eigenvalue weighted by molar-refractivity contribution is 14.1. The van der Waals surface area contributed by atoms with E-state index in [0.717, 1.165) is 17.4 Å². The van der Waals surface area contributed by atoms with Crippen molar-refractivity contribution in [3.8, 4) is 0 Å². The minimum atomic E-state index is -0.551. The van der Waals surface area contributed by atoms with Crippen LogP contribution in [0, 0.1) is 0 Å². The lowest BCUT2D eigenvalue weighted by molar-refractivity contribution is 0.225. The zero-order valence-electron chi connectivity index (χ0n) is 6.52. The van der Waals surface area contributed by atoms with Gasteiger partial charge in [-0.1, -0.05) is 22.6 Å². The van der Waals surface area contributed by atoms with E-state index in [4.69, 9.17) is 0 Å². The summed E-state index contributed by atoms with van der Waals surface area (Å²) in [6, 6.07) is 0. The van der Waals surface area contributed by atoms with Crippen molar-refractivity contribution in [2.24, 2.45) is 0 Å². The molecule has 64 valence electrons. The van der Waals surface area contributed by atoms with Gasteiger partial charge in [0.25, 0.3) is 0 Å². The lowest BCUT2D eigenvalue weighted by Crippen LogP contribution is -2.39. The van der Waals surface area contributed by atoms with Gasteiger partial charge in [-0.25, -0.2) is 4.39 Å². The lowest BCUT2D eigenvalue weighted by atomic mass is 9.97. The summed E-state index contributed by atoms with van der Waals surface area (Å²) < 4.78 is 14.1. The van der Waals surface area contributed by atoms with Crippen LogP contribution < -0.4 is 0 Å². The Kier molecular flexibility index (Phi) is 2.12. The van der Waals surface area contributed by atoms with Gasteiger partial charge in [-0.2, -0.15) is 0 Å². The second-order valence-corrected chi connectivity index (χ2v) is 4.47. The van der Waals surface area contributed by atoms with Crippen LogP contribution in [0.15, 0.2) is 0 Å². The molecule has 2 saturated heterocycles. The van der Waals surface area contributed by atoms with Crippen molar-refractivity contribution < 1.29 is 4.39 Å². The van der Waals surface area contributed by atoms with Crippen molar-refractivity contribution in [2.45, 2.75) is 31.0 Å². The molecule has 0 amide bonds. The third-order valence-corrected chi connectivity index (χ3v) is 4.43. The molecule has 0 aromatic rings. The number of hydrogen-bond acceptors (Lipinski definition) is 1. The Morgan fingerprint density at radius 1 is 1.64 bits per heavy atom. The van der Waals surface area contributed by atoms with E-state index >= 15 is 0 Å². The first-order valence-electron chi connectivity index (χ1n) is 4.22. The first-order chi connectivity index (χ1) is 5.27. The van der Waals surface area contributed by atoms with Crippen LogP contribution in [0.5, 0.6) is 0 Å². The molecule has 0 radical (unpaired) electrons. The van der Waals surface area contributed by atoms with E-state index in [0.29, 0.717) is 6.54 Å². The molecule has 0 N–H and O–H groups in total. The van der Waals surface area contributed by atoms with Gasteiger partial charge >= 0.3 is 0 Å². The highest BCUT2D eigenvalue weighted by atomic mass is 127. The van der Waals surface area contributed by atoms with Gasteiger partial charge in [0.05, 0.1) is 0 Å². The van der Waals surface area contributed by atoms with Crippen molar-refractivity contribution >= 4 is 22.6 Å². The lowest BCUT2D eigenvalue weighted by Gasteiger charge is -2.28. The predicted octanol–water partition coefficient (Wildman–Crippen LogP) is 2.00. The van der Waals surface area contributed by atoms with Gasteiger partial charge in [0.15, 0.2) is 0 Å². The molecule has 2 atom stereocenters. The molecule has 2 fully saturated rings.